The first kappa shape index (κ1) is 31.4. The van der Waals surface area contributed by atoms with Crippen LogP contribution in [0, 0.1) is 5.41 Å². The number of aromatic nitrogens is 3. The number of hydrogen-bond acceptors (Lipinski definition) is 7. The lowest BCUT2D eigenvalue weighted by atomic mass is 9.79. The molecular weight excluding hydrogens is 540 g/mol. The molecule has 1 atom stereocenters. The summed E-state index contributed by atoms with van der Waals surface area (Å²) < 4.78 is 63.5. The highest BCUT2D eigenvalue weighted by Gasteiger charge is 2.43. The number of amides is 1. The van der Waals surface area contributed by atoms with Gasteiger partial charge in [-0.25, -0.2) is 14.6 Å². The summed E-state index contributed by atoms with van der Waals surface area (Å²) in [5, 5.41) is 14.2. The Hall–Kier alpha value is -3.82. The monoisotopic (exact) mass is 565 g/mol. The maximum atomic E-state index is 12.7. The molecule has 2 aromatic rings. The van der Waals surface area contributed by atoms with Crippen LogP contribution in [0.3, 0.4) is 0 Å². The normalized spacial score (nSPS) is 19.4. The summed E-state index contributed by atoms with van der Waals surface area (Å²) in [6, 6.07) is 6.07. The molecule has 0 aliphatic carbocycles. The van der Waals surface area contributed by atoms with Gasteiger partial charge in [0.2, 0.25) is 0 Å². The molecule has 0 bridgehead atoms. The van der Waals surface area contributed by atoms with Gasteiger partial charge in [-0.1, -0.05) is 6.07 Å². The smallest absolute Gasteiger partial charge is 0.475 e. The van der Waals surface area contributed by atoms with E-state index >= 15 is 0 Å². The van der Waals surface area contributed by atoms with Crippen LogP contribution < -0.4 is 0 Å². The van der Waals surface area contributed by atoms with Crippen molar-refractivity contribution in [3.05, 3.63) is 54.4 Å². The average Bonchev–Trinajstić information content (AvgIpc) is 3.25. The quantitative estimate of drug-likeness (QED) is 0.538. The summed E-state index contributed by atoms with van der Waals surface area (Å²) >= 11 is 0. The minimum atomic E-state index is -5.08. The van der Waals surface area contributed by atoms with Crippen LogP contribution in [0.1, 0.15) is 35.4 Å². The van der Waals surface area contributed by atoms with Crippen LogP contribution in [-0.2, 0) is 16.1 Å². The van der Waals surface area contributed by atoms with Gasteiger partial charge in [-0.05, 0) is 37.9 Å². The third kappa shape index (κ3) is 10.1. The lowest BCUT2D eigenvalue weighted by molar-refractivity contribution is -0.193. The van der Waals surface area contributed by atoms with Gasteiger partial charge in [0.05, 0.1) is 11.9 Å². The van der Waals surface area contributed by atoms with Crippen molar-refractivity contribution in [1.82, 2.24) is 24.8 Å². The van der Waals surface area contributed by atoms with E-state index in [2.05, 4.69) is 25.9 Å². The molecule has 16 heteroatoms. The Labute approximate surface area is 218 Å². The number of carboxylic acids is 2. The van der Waals surface area contributed by atoms with Gasteiger partial charge >= 0.3 is 24.3 Å². The topological polar surface area (TPSA) is 137 Å². The zero-order valence-electron chi connectivity index (χ0n) is 20.3. The van der Waals surface area contributed by atoms with Crippen molar-refractivity contribution >= 4 is 17.8 Å². The van der Waals surface area contributed by atoms with Crippen LogP contribution in [0.25, 0.3) is 0 Å². The number of pyridine rings is 1. The number of hydrogen-bond donors (Lipinski definition) is 2. The third-order valence-corrected chi connectivity index (χ3v) is 5.85. The number of nitrogens with zero attached hydrogens (tertiary/aromatic N) is 5. The van der Waals surface area contributed by atoms with Crippen molar-refractivity contribution < 1.29 is 50.9 Å². The average molecular weight is 565 g/mol. The predicted octanol–water partition coefficient (Wildman–Crippen LogP) is 3.27. The molecule has 1 spiro atoms. The van der Waals surface area contributed by atoms with Crippen molar-refractivity contribution in [3.63, 3.8) is 0 Å². The Morgan fingerprint density at radius 3 is 2.03 bits per heavy atom. The highest BCUT2D eigenvalue weighted by molar-refractivity contribution is 5.92. The van der Waals surface area contributed by atoms with Gasteiger partial charge in [-0.15, -0.1) is 0 Å². The predicted molar refractivity (Wildman–Crippen MR) is 121 cm³/mol. The third-order valence-electron chi connectivity index (χ3n) is 5.85. The molecular formula is C23H25F6N5O5. The molecule has 4 rings (SSSR count). The van der Waals surface area contributed by atoms with Gasteiger partial charge in [0.15, 0.2) is 0 Å². The second-order valence-electron chi connectivity index (χ2n) is 8.81. The molecule has 0 radical (unpaired) electrons. The second-order valence-corrected chi connectivity index (χ2v) is 8.81. The minimum Gasteiger partial charge on any atom is -0.475 e. The molecule has 2 fully saturated rings. The number of rotatable bonds is 3. The number of aliphatic carboxylic acids is 2. The Balaban J connectivity index is 0.000000317. The number of carbonyl (C=O) groups is 3. The lowest BCUT2D eigenvalue weighted by Crippen LogP contribution is -2.47. The van der Waals surface area contributed by atoms with Crippen molar-refractivity contribution in [2.45, 2.75) is 38.2 Å². The van der Waals surface area contributed by atoms with Gasteiger partial charge in [-0.3, -0.25) is 19.7 Å². The van der Waals surface area contributed by atoms with Crippen LogP contribution >= 0.6 is 0 Å². The highest BCUT2D eigenvalue weighted by atomic mass is 19.4. The maximum Gasteiger partial charge on any atom is 0.490 e. The molecule has 1 unspecified atom stereocenters. The summed E-state index contributed by atoms with van der Waals surface area (Å²) in [4.78, 5) is 47.6. The lowest BCUT2D eigenvalue weighted by Gasteiger charge is -2.40. The molecule has 1 amide bonds. The molecule has 4 heterocycles. The summed E-state index contributed by atoms with van der Waals surface area (Å²) in [5.41, 5.74) is 1.77. The highest BCUT2D eigenvalue weighted by Crippen LogP contribution is 2.39. The number of piperidine rings is 1. The van der Waals surface area contributed by atoms with E-state index in [9.17, 15) is 31.1 Å². The van der Waals surface area contributed by atoms with Crippen LogP contribution in [0.5, 0.6) is 0 Å². The van der Waals surface area contributed by atoms with Crippen molar-refractivity contribution in [1.29, 1.82) is 0 Å². The van der Waals surface area contributed by atoms with Crippen LogP contribution in [0.2, 0.25) is 0 Å². The number of carboxylic acid groups (broad SMARTS) is 2. The van der Waals surface area contributed by atoms with Crippen molar-refractivity contribution in [3.8, 4) is 0 Å². The fraction of sp³-hybridized carbons (Fsp3) is 0.478. The van der Waals surface area contributed by atoms with E-state index in [-0.39, 0.29) is 11.3 Å². The fourth-order valence-electron chi connectivity index (χ4n) is 4.17. The van der Waals surface area contributed by atoms with Gasteiger partial charge in [0, 0.05) is 50.2 Å². The first-order valence-electron chi connectivity index (χ1n) is 11.4. The number of likely N-dealkylation sites (tertiary alicyclic amines) is 2. The van der Waals surface area contributed by atoms with E-state index in [1.54, 1.807) is 18.6 Å². The van der Waals surface area contributed by atoms with Crippen LogP contribution in [0.15, 0.2) is 43.0 Å². The SMILES string of the molecule is O=C(O)C(F)(F)F.O=C(O)C(F)(F)F.O=C(c1cnccn1)N1CCCC2(CCN(Cc3ccccn3)C2)C1. The summed E-state index contributed by atoms with van der Waals surface area (Å²) in [6.07, 6.45) is -0.184. The molecule has 2 aliphatic heterocycles. The summed E-state index contributed by atoms with van der Waals surface area (Å²) in [5.74, 6) is -5.50. The van der Waals surface area contributed by atoms with E-state index in [0.29, 0.717) is 5.69 Å². The maximum absolute atomic E-state index is 12.7. The van der Waals surface area contributed by atoms with E-state index in [4.69, 9.17) is 19.8 Å². The second kappa shape index (κ2) is 13.3. The minimum absolute atomic E-state index is 0.00958. The largest absolute Gasteiger partial charge is 0.490 e. The molecule has 0 aromatic carbocycles. The van der Waals surface area contributed by atoms with Crippen molar-refractivity contribution in [2.24, 2.45) is 5.41 Å². The molecule has 10 nitrogen and oxygen atoms in total. The molecule has 0 saturated carbocycles. The van der Waals surface area contributed by atoms with E-state index < -0.39 is 24.3 Å². The first-order chi connectivity index (χ1) is 18.1. The molecule has 2 N–H and O–H groups in total. The molecule has 2 saturated heterocycles. The van der Waals surface area contributed by atoms with Gasteiger partial charge in [0.25, 0.3) is 5.91 Å². The van der Waals surface area contributed by atoms with E-state index in [1.165, 1.54) is 6.42 Å². The number of carbonyl (C=O) groups excluding carboxylic acids is 1. The fourth-order valence-corrected chi connectivity index (χ4v) is 4.17. The van der Waals surface area contributed by atoms with E-state index in [0.717, 1.165) is 51.3 Å². The summed E-state index contributed by atoms with van der Waals surface area (Å²) in [7, 11) is 0. The van der Waals surface area contributed by atoms with Gasteiger partial charge in [0.1, 0.15) is 5.69 Å². The Morgan fingerprint density at radius 2 is 1.51 bits per heavy atom. The van der Waals surface area contributed by atoms with E-state index in [1.807, 2.05) is 23.2 Å². The number of alkyl halides is 6. The Morgan fingerprint density at radius 1 is 0.872 bits per heavy atom. The zero-order valence-corrected chi connectivity index (χ0v) is 20.3. The summed E-state index contributed by atoms with van der Waals surface area (Å²) in [6.45, 7) is 4.64. The number of halogens is 6. The van der Waals surface area contributed by atoms with Gasteiger partial charge < -0.3 is 15.1 Å². The van der Waals surface area contributed by atoms with Crippen molar-refractivity contribution in [2.75, 3.05) is 26.2 Å². The molecule has 2 aliphatic rings. The molecule has 214 valence electrons. The Bertz CT molecular complexity index is 1080. The Kier molecular flexibility index (Phi) is 10.7. The van der Waals surface area contributed by atoms with Gasteiger partial charge in [-0.2, -0.15) is 26.3 Å². The van der Waals surface area contributed by atoms with Crippen LogP contribution in [-0.4, -0.2) is 91.3 Å². The molecule has 2 aromatic heterocycles. The first-order valence-corrected chi connectivity index (χ1v) is 11.4. The van der Waals surface area contributed by atoms with Crippen LogP contribution in [0.4, 0.5) is 26.3 Å². The standard InChI is InChI=1S/C19H23N5O.2C2HF3O2/c25-18(17-12-20-8-9-22-17)24-10-3-5-19(15-24)6-11-23(14-19)13-16-4-1-2-7-21-16;2*3-2(4,5)1(6)7/h1-2,4,7-9,12H,3,5-6,10-11,13-15H2;2*(H,6,7). The molecule has 39 heavy (non-hydrogen) atoms. The zero-order chi connectivity index (χ0) is 29.3.